The molecule has 2 rings (SSSR count). The van der Waals surface area contributed by atoms with Crippen LogP contribution in [0.3, 0.4) is 0 Å². The van der Waals surface area contributed by atoms with E-state index in [0.29, 0.717) is 34.2 Å². The molecule has 4 nitrogen and oxygen atoms in total. The molecule has 0 amide bonds. The third kappa shape index (κ3) is 2.56. The topological polar surface area (TPSA) is 61.5 Å². The standard InChI is InChI=1S/C14H15NO3S/c1-3-18-13-9(5-4-6-10(13)15)12(16)14-11(17-2)7-8-19-14/h4-8H,3,15H2,1-2H3. The average Bonchev–Trinajstić information content (AvgIpc) is 2.89. The number of benzene rings is 1. The van der Waals surface area contributed by atoms with Crippen molar-refractivity contribution >= 4 is 22.8 Å². The molecule has 1 aromatic carbocycles. The lowest BCUT2D eigenvalue weighted by atomic mass is 10.1. The first kappa shape index (κ1) is 13.4. The van der Waals surface area contributed by atoms with Crippen LogP contribution in [0.25, 0.3) is 0 Å². The van der Waals surface area contributed by atoms with Gasteiger partial charge in [-0.05, 0) is 30.5 Å². The lowest BCUT2D eigenvalue weighted by Gasteiger charge is -2.11. The lowest BCUT2D eigenvalue weighted by Crippen LogP contribution is -2.07. The molecule has 2 N–H and O–H groups in total. The van der Waals surface area contributed by atoms with E-state index in [9.17, 15) is 4.79 Å². The van der Waals surface area contributed by atoms with Crippen LogP contribution in [0.1, 0.15) is 22.2 Å². The van der Waals surface area contributed by atoms with Gasteiger partial charge in [-0.1, -0.05) is 6.07 Å². The predicted molar refractivity (Wildman–Crippen MR) is 76.3 cm³/mol. The molecule has 0 fully saturated rings. The van der Waals surface area contributed by atoms with Gasteiger partial charge in [0.2, 0.25) is 5.78 Å². The Morgan fingerprint density at radius 1 is 1.37 bits per heavy atom. The fraction of sp³-hybridized carbons (Fsp3) is 0.214. The van der Waals surface area contributed by atoms with Gasteiger partial charge in [0.25, 0.3) is 0 Å². The quantitative estimate of drug-likeness (QED) is 0.674. The lowest BCUT2D eigenvalue weighted by molar-refractivity contribution is 0.103. The maximum Gasteiger partial charge on any atom is 0.210 e. The van der Waals surface area contributed by atoms with Gasteiger partial charge in [0.1, 0.15) is 10.6 Å². The van der Waals surface area contributed by atoms with E-state index in [1.54, 1.807) is 31.4 Å². The number of carbonyl (C=O) groups is 1. The van der Waals surface area contributed by atoms with Crippen molar-refractivity contribution in [1.29, 1.82) is 0 Å². The number of anilines is 1. The summed E-state index contributed by atoms with van der Waals surface area (Å²) in [6.07, 6.45) is 0. The Morgan fingerprint density at radius 3 is 2.84 bits per heavy atom. The van der Waals surface area contributed by atoms with Crippen LogP contribution in [-0.2, 0) is 0 Å². The monoisotopic (exact) mass is 277 g/mol. The van der Waals surface area contributed by atoms with Crippen molar-refractivity contribution in [3.05, 3.63) is 40.1 Å². The van der Waals surface area contributed by atoms with Crippen molar-refractivity contribution in [2.75, 3.05) is 19.5 Å². The number of ether oxygens (including phenoxy) is 2. The summed E-state index contributed by atoms with van der Waals surface area (Å²) in [5.74, 6) is 0.868. The van der Waals surface area contributed by atoms with E-state index in [-0.39, 0.29) is 5.78 Å². The van der Waals surface area contributed by atoms with Crippen LogP contribution in [0.15, 0.2) is 29.6 Å². The zero-order valence-electron chi connectivity index (χ0n) is 10.8. The number of methoxy groups -OCH3 is 1. The van der Waals surface area contributed by atoms with E-state index in [0.717, 1.165) is 0 Å². The molecule has 0 aliphatic heterocycles. The third-order valence-corrected chi connectivity index (χ3v) is 3.53. The third-order valence-electron chi connectivity index (χ3n) is 2.63. The van der Waals surface area contributed by atoms with E-state index in [4.69, 9.17) is 15.2 Å². The summed E-state index contributed by atoms with van der Waals surface area (Å²) in [4.78, 5) is 13.1. The second-order valence-electron chi connectivity index (χ2n) is 3.80. The molecule has 100 valence electrons. The zero-order chi connectivity index (χ0) is 13.8. The Hall–Kier alpha value is -2.01. The largest absolute Gasteiger partial charge is 0.495 e. The summed E-state index contributed by atoms with van der Waals surface area (Å²) in [5.41, 5.74) is 6.79. The smallest absolute Gasteiger partial charge is 0.210 e. The number of nitrogen functional groups attached to an aromatic ring is 1. The van der Waals surface area contributed by atoms with E-state index in [1.165, 1.54) is 11.3 Å². The van der Waals surface area contributed by atoms with Gasteiger partial charge in [-0.25, -0.2) is 0 Å². The summed E-state index contributed by atoms with van der Waals surface area (Å²) in [7, 11) is 1.54. The van der Waals surface area contributed by atoms with Crippen molar-refractivity contribution in [3.8, 4) is 11.5 Å². The average molecular weight is 277 g/mol. The molecule has 0 radical (unpaired) electrons. The summed E-state index contributed by atoms with van der Waals surface area (Å²) >= 11 is 1.34. The summed E-state index contributed by atoms with van der Waals surface area (Å²) in [6.45, 7) is 2.31. The molecule has 2 aromatic rings. The van der Waals surface area contributed by atoms with Crippen LogP contribution >= 0.6 is 11.3 Å². The fourth-order valence-corrected chi connectivity index (χ4v) is 2.60. The summed E-state index contributed by atoms with van der Waals surface area (Å²) in [5, 5.41) is 1.82. The molecule has 0 atom stereocenters. The fourth-order valence-electron chi connectivity index (χ4n) is 1.79. The zero-order valence-corrected chi connectivity index (χ0v) is 11.6. The predicted octanol–water partition coefficient (Wildman–Crippen LogP) is 2.97. The minimum atomic E-state index is -0.136. The van der Waals surface area contributed by atoms with Gasteiger partial charge < -0.3 is 15.2 Å². The van der Waals surface area contributed by atoms with Crippen LogP contribution in [-0.4, -0.2) is 19.5 Å². The van der Waals surface area contributed by atoms with Crippen LogP contribution in [0.4, 0.5) is 5.69 Å². The van der Waals surface area contributed by atoms with Crippen molar-refractivity contribution in [1.82, 2.24) is 0 Å². The second kappa shape index (κ2) is 5.75. The van der Waals surface area contributed by atoms with Gasteiger partial charge in [0.05, 0.1) is 25.0 Å². The van der Waals surface area contributed by atoms with E-state index in [1.807, 2.05) is 12.3 Å². The summed E-state index contributed by atoms with van der Waals surface area (Å²) < 4.78 is 10.7. The molecule has 1 aromatic heterocycles. The molecule has 0 saturated heterocycles. The second-order valence-corrected chi connectivity index (χ2v) is 4.72. The molecule has 5 heteroatoms. The number of thiophene rings is 1. The number of nitrogens with two attached hydrogens (primary N) is 1. The van der Waals surface area contributed by atoms with Crippen LogP contribution in [0, 0.1) is 0 Å². The number of ketones is 1. The normalized spacial score (nSPS) is 10.2. The highest BCUT2D eigenvalue weighted by molar-refractivity contribution is 7.12. The van der Waals surface area contributed by atoms with E-state index >= 15 is 0 Å². The molecular weight excluding hydrogens is 262 g/mol. The minimum absolute atomic E-state index is 0.136. The maximum atomic E-state index is 12.5. The van der Waals surface area contributed by atoms with E-state index in [2.05, 4.69) is 0 Å². The van der Waals surface area contributed by atoms with Crippen LogP contribution < -0.4 is 15.2 Å². The van der Waals surface area contributed by atoms with Crippen molar-refractivity contribution in [3.63, 3.8) is 0 Å². The Bertz CT molecular complexity index is 592. The first-order chi connectivity index (χ1) is 9.19. The van der Waals surface area contributed by atoms with Gasteiger partial charge in [-0.15, -0.1) is 11.3 Å². The summed E-state index contributed by atoms with van der Waals surface area (Å²) in [6, 6.07) is 6.94. The number of hydrogen-bond donors (Lipinski definition) is 1. The van der Waals surface area contributed by atoms with Gasteiger partial charge in [0.15, 0.2) is 5.75 Å². The molecule has 0 aliphatic rings. The highest BCUT2D eigenvalue weighted by Crippen LogP contribution is 2.33. The van der Waals surface area contributed by atoms with Crippen molar-refractivity contribution in [2.24, 2.45) is 0 Å². The molecule has 0 aliphatic carbocycles. The maximum absolute atomic E-state index is 12.5. The Kier molecular flexibility index (Phi) is 4.06. The molecule has 0 saturated carbocycles. The van der Waals surface area contributed by atoms with Crippen LogP contribution in [0.5, 0.6) is 11.5 Å². The van der Waals surface area contributed by atoms with E-state index < -0.39 is 0 Å². The van der Waals surface area contributed by atoms with Gasteiger partial charge in [0, 0.05) is 0 Å². The first-order valence-corrected chi connectivity index (χ1v) is 6.74. The van der Waals surface area contributed by atoms with Gasteiger partial charge in [-0.2, -0.15) is 0 Å². The van der Waals surface area contributed by atoms with Crippen molar-refractivity contribution in [2.45, 2.75) is 6.92 Å². The molecular formula is C14H15NO3S. The Morgan fingerprint density at radius 2 is 2.16 bits per heavy atom. The first-order valence-electron chi connectivity index (χ1n) is 5.86. The number of para-hydroxylation sites is 1. The van der Waals surface area contributed by atoms with Crippen LogP contribution in [0.2, 0.25) is 0 Å². The molecule has 0 bridgehead atoms. The van der Waals surface area contributed by atoms with Gasteiger partial charge in [-0.3, -0.25) is 4.79 Å². The SMILES string of the molecule is CCOc1c(N)cccc1C(=O)c1sccc1OC. The molecule has 19 heavy (non-hydrogen) atoms. The highest BCUT2D eigenvalue weighted by atomic mass is 32.1. The highest BCUT2D eigenvalue weighted by Gasteiger charge is 2.21. The molecule has 1 heterocycles. The molecule has 0 spiro atoms. The molecule has 0 unspecified atom stereocenters. The number of hydrogen-bond acceptors (Lipinski definition) is 5. The van der Waals surface area contributed by atoms with Crippen molar-refractivity contribution < 1.29 is 14.3 Å². The Labute approximate surface area is 115 Å². The number of carbonyl (C=O) groups excluding carboxylic acids is 1. The number of rotatable bonds is 5. The van der Waals surface area contributed by atoms with Gasteiger partial charge >= 0.3 is 0 Å². The minimum Gasteiger partial charge on any atom is -0.495 e. The Balaban J connectivity index is 2.47.